The second-order valence-electron chi connectivity index (χ2n) is 10.6. The third kappa shape index (κ3) is 3.85. The summed E-state index contributed by atoms with van der Waals surface area (Å²) in [6.45, 7) is 3.41. The maximum absolute atomic E-state index is 13.7. The van der Waals surface area contributed by atoms with E-state index in [9.17, 15) is 34.8 Å². The van der Waals surface area contributed by atoms with Crippen LogP contribution in [0.4, 0.5) is 0 Å². The number of aliphatic hydroxyl groups excluding tert-OH is 1. The highest BCUT2D eigenvalue weighted by Crippen LogP contribution is 2.49. The Morgan fingerprint density at radius 1 is 0.905 bits per heavy atom. The minimum Gasteiger partial charge on any atom is -0.507 e. The molecule has 4 N–H and O–H groups in total. The molecule has 2 aromatic rings. The molecule has 0 aromatic heterocycles. The minimum atomic E-state index is -3.40. The van der Waals surface area contributed by atoms with Gasteiger partial charge >= 0.3 is 0 Å². The molecule has 1 aliphatic heterocycles. The van der Waals surface area contributed by atoms with E-state index in [2.05, 4.69) is 0 Å². The molecule has 0 spiro atoms. The quantitative estimate of drug-likeness (QED) is 0.339. The van der Waals surface area contributed by atoms with Crippen molar-refractivity contribution in [3.63, 3.8) is 0 Å². The van der Waals surface area contributed by atoms with E-state index in [1.165, 1.54) is 33.5 Å². The van der Waals surface area contributed by atoms with Crippen molar-refractivity contribution >= 4 is 28.1 Å². The number of aryl methyl sites for hydroxylation is 1. The lowest BCUT2D eigenvalue weighted by molar-refractivity contribution is -0.282. The van der Waals surface area contributed by atoms with Crippen LogP contribution in [0.5, 0.6) is 11.5 Å². The number of methoxy groups -OCH3 is 4. The molecule has 2 aromatic carbocycles. The number of phenolic OH excluding ortho intramolecular Hbond substituents is 1. The Morgan fingerprint density at radius 2 is 1.55 bits per heavy atom. The summed E-state index contributed by atoms with van der Waals surface area (Å²) in [5.41, 5.74) is -7.49. The number of aliphatic hydroxyl groups is 3. The molecule has 3 aliphatic rings. The van der Waals surface area contributed by atoms with E-state index in [0.717, 1.165) is 7.11 Å². The van der Waals surface area contributed by atoms with Crippen LogP contribution in [0.3, 0.4) is 0 Å². The van der Waals surface area contributed by atoms with E-state index in [1.54, 1.807) is 19.9 Å². The molecule has 1 saturated heterocycles. The average molecular weight is 589 g/mol. The van der Waals surface area contributed by atoms with E-state index in [-0.39, 0.29) is 16.5 Å². The highest BCUT2D eigenvalue weighted by Gasteiger charge is 2.73. The summed E-state index contributed by atoms with van der Waals surface area (Å²) in [5, 5.41) is 45.0. The highest BCUT2D eigenvalue weighted by atomic mass is 16.7. The number of rotatable bonds is 6. The first-order valence-corrected chi connectivity index (χ1v) is 13.0. The molecular weight excluding hydrogens is 556 g/mol. The number of carbonyl (C=O) groups is 3. The SMILES string of the molecule is COC1=CC(=O)C2(O)C(=O)c3c(cc4cc(O[C@@H]5O[C@H](C)[C@@H](OC)[C@H](OC)[C@@H]5OC)cc(C)c4c3O)C(=O)C2(O)C1O. The number of aromatic hydroxyl groups is 1. The topological polar surface area (TPSA) is 188 Å². The second-order valence-corrected chi connectivity index (χ2v) is 10.6. The molecule has 0 radical (unpaired) electrons. The van der Waals surface area contributed by atoms with Crippen molar-refractivity contribution in [3.8, 4) is 11.5 Å². The number of fused-ring (bicyclic) bond motifs is 3. The number of benzene rings is 2. The van der Waals surface area contributed by atoms with Crippen molar-refractivity contribution in [2.24, 2.45) is 0 Å². The zero-order valence-corrected chi connectivity index (χ0v) is 23.7. The van der Waals surface area contributed by atoms with Crippen molar-refractivity contribution in [2.45, 2.75) is 61.9 Å². The van der Waals surface area contributed by atoms with Gasteiger partial charge in [-0.05, 0) is 43.0 Å². The van der Waals surface area contributed by atoms with Gasteiger partial charge in [-0.15, -0.1) is 0 Å². The summed E-state index contributed by atoms with van der Waals surface area (Å²) in [4.78, 5) is 40.2. The molecule has 3 unspecified atom stereocenters. The van der Waals surface area contributed by atoms with Crippen LogP contribution in [0.2, 0.25) is 0 Å². The Hall–Kier alpha value is -3.43. The zero-order valence-electron chi connectivity index (χ0n) is 23.7. The van der Waals surface area contributed by atoms with Crippen LogP contribution in [-0.4, -0.2) is 114 Å². The first kappa shape index (κ1) is 30.0. The molecule has 0 amide bonds. The monoisotopic (exact) mass is 588 g/mol. The third-order valence-electron chi connectivity index (χ3n) is 8.41. The Bertz CT molecular complexity index is 1510. The van der Waals surface area contributed by atoms with E-state index in [1.807, 2.05) is 0 Å². The maximum atomic E-state index is 13.7. The van der Waals surface area contributed by atoms with E-state index >= 15 is 0 Å². The third-order valence-corrected chi connectivity index (χ3v) is 8.41. The molecule has 226 valence electrons. The molecule has 13 nitrogen and oxygen atoms in total. The smallest absolute Gasteiger partial charge is 0.230 e. The lowest BCUT2D eigenvalue weighted by atomic mass is 9.60. The Labute approximate surface area is 240 Å². The first-order valence-electron chi connectivity index (χ1n) is 13.0. The molecule has 5 rings (SSSR count). The number of hydrogen-bond acceptors (Lipinski definition) is 13. The standard InChI is InChI=1S/C29H32O13/c1-11-7-14(42-27-23(40-6)22(39-5)21(38-4)12(2)41-27)8-13-9-15-19(20(31)18(11)13)26(34)28(35)17(30)10-16(37-3)25(33)29(28,36)24(15)32/h7-10,12,21-23,25,27,31,33,35-36H,1-6H3/t12-,21-,22+,23+,25?,27+,28?,29?/m1/s1. The van der Waals surface area contributed by atoms with Crippen molar-refractivity contribution < 1.29 is 63.2 Å². The number of ether oxygens (including phenoxy) is 6. The van der Waals surface area contributed by atoms with E-state index < -0.39 is 88.0 Å². The average Bonchev–Trinajstić information content (AvgIpc) is 2.95. The zero-order chi connectivity index (χ0) is 30.9. The summed E-state index contributed by atoms with van der Waals surface area (Å²) in [6.07, 6.45) is -4.70. The van der Waals surface area contributed by atoms with Gasteiger partial charge in [-0.25, -0.2) is 0 Å². The van der Waals surface area contributed by atoms with Gasteiger partial charge in [0.2, 0.25) is 34.8 Å². The predicted octanol–water partition coefficient (Wildman–Crippen LogP) is 0.338. The predicted molar refractivity (Wildman–Crippen MR) is 142 cm³/mol. The molecule has 1 heterocycles. The van der Waals surface area contributed by atoms with Crippen molar-refractivity contribution in [1.29, 1.82) is 0 Å². The highest BCUT2D eigenvalue weighted by molar-refractivity contribution is 6.34. The van der Waals surface area contributed by atoms with Crippen LogP contribution >= 0.6 is 0 Å². The fourth-order valence-electron chi connectivity index (χ4n) is 6.25. The van der Waals surface area contributed by atoms with Crippen LogP contribution in [0.1, 0.15) is 33.2 Å². The van der Waals surface area contributed by atoms with Gasteiger partial charge < -0.3 is 48.8 Å². The van der Waals surface area contributed by atoms with Gasteiger partial charge in [0.1, 0.15) is 35.6 Å². The number of phenols is 1. The molecule has 2 aliphatic carbocycles. The Balaban J connectivity index is 1.62. The Kier molecular flexibility index (Phi) is 7.43. The summed E-state index contributed by atoms with van der Waals surface area (Å²) < 4.78 is 33.8. The van der Waals surface area contributed by atoms with Crippen molar-refractivity contribution in [3.05, 3.63) is 46.7 Å². The van der Waals surface area contributed by atoms with Crippen molar-refractivity contribution in [2.75, 3.05) is 28.4 Å². The number of hydrogen-bond donors (Lipinski definition) is 4. The molecule has 8 atom stereocenters. The van der Waals surface area contributed by atoms with Crippen LogP contribution in [0, 0.1) is 6.92 Å². The van der Waals surface area contributed by atoms with Gasteiger partial charge in [-0.2, -0.15) is 0 Å². The van der Waals surface area contributed by atoms with E-state index in [0.29, 0.717) is 11.6 Å². The Morgan fingerprint density at radius 3 is 2.14 bits per heavy atom. The van der Waals surface area contributed by atoms with Crippen LogP contribution in [0.15, 0.2) is 30.0 Å². The summed E-state index contributed by atoms with van der Waals surface area (Å²) >= 11 is 0. The number of ketones is 3. The molecule has 0 bridgehead atoms. The largest absolute Gasteiger partial charge is 0.507 e. The van der Waals surface area contributed by atoms with Crippen LogP contribution in [0.25, 0.3) is 10.8 Å². The fourth-order valence-corrected chi connectivity index (χ4v) is 6.25. The molecule has 13 heteroatoms. The van der Waals surface area contributed by atoms with Crippen LogP contribution in [-0.2, 0) is 28.5 Å². The normalized spacial score (nSPS) is 34.6. The molecule has 1 fully saturated rings. The molecular formula is C29H32O13. The molecule has 42 heavy (non-hydrogen) atoms. The van der Waals surface area contributed by atoms with Gasteiger partial charge in [0, 0.05) is 38.4 Å². The van der Waals surface area contributed by atoms with E-state index in [4.69, 9.17) is 28.4 Å². The summed E-state index contributed by atoms with van der Waals surface area (Å²) in [5.74, 6) is -5.15. The lowest BCUT2D eigenvalue weighted by Gasteiger charge is -2.47. The fraction of sp³-hybridized carbons (Fsp3) is 0.483. The molecule has 0 saturated carbocycles. The first-order chi connectivity index (χ1) is 19.8. The number of carbonyl (C=O) groups excluding carboxylic acids is 3. The van der Waals surface area contributed by atoms with Gasteiger partial charge in [0.25, 0.3) is 0 Å². The van der Waals surface area contributed by atoms with Gasteiger partial charge in [0.15, 0.2) is 6.10 Å². The second kappa shape index (κ2) is 10.4. The maximum Gasteiger partial charge on any atom is 0.230 e. The minimum absolute atomic E-state index is 0.128. The van der Waals surface area contributed by atoms with Crippen LogP contribution < -0.4 is 4.74 Å². The van der Waals surface area contributed by atoms with Gasteiger partial charge in [-0.3, -0.25) is 14.4 Å². The summed E-state index contributed by atoms with van der Waals surface area (Å²) in [6, 6.07) is 4.24. The van der Waals surface area contributed by atoms with Gasteiger partial charge in [0.05, 0.1) is 18.8 Å². The lowest BCUT2D eigenvalue weighted by Crippen LogP contribution is -2.76. The summed E-state index contributed by atoms with van der Waals surface area (Å²) in [7, 11) is 5.60. The van der Waals surface area contributed by atoms with Crippen molar-refractivity contribution in [1.82, 2.24) is 0 Å². The van der Waals surface area contributed by atoms with Gasteiger partial charge in [-0.1, -0.05) is 0 Å². The number of Topliss-reactive ketones (excluding diaryl/α,β-unsaturated/α-hetero) is 2.